The van der Waals surface area contributed by atoms with Gasteiger partial charge in [-0.25, -0.2) is 0 Å². The molecule has 0 unspecified atom stereocenters. The molecule has 110 valence electrons. The molecule has 0 saturated carbocycles. The molecule has 4 nitrogen and oxygen atoms in total. The number of amides is 1. The average molecular weight is 317 g/mol. The van der Waals surface area contributed by atoms with Crippen LogP contribution in [0.1, 0.15) is 19.8 Å². The Hall–Kier alpha value is -0.970. The Labute approximate surface area is 128 Å². The Bertz CT molecular complexity index is 488. The highest BCUT2D eigenvalue weighted by atomic mass is 35.5. The van der Waals surface area contributed by atoms with E-state index < -0.39 is 6.10 Å². The van der Waals surface area contributed by atoms with Gasteiger partial charge in [-0.2, -0.15) is 0 Å². The highest BCUT2D eigenvalue weighted by Gasteiger charge is 2.26. The van der Waals surface area contributed by atoms with Gasteiger partial charge in [0.25, 0.3) is 5.91 Å². The molecule has 0 aliphatic carbocycles. The first-order chi connectivity index (χ1) is 9.49. The normalized spacial score (nSPS) is 17.9. The van der Waals surface area contributed by atoms with Crippen molar-refractivity contribution in [3.8, 4) is 5.75 Å². The number of nitrogens with two attached hydrogens (primary N) is 1. The summed E-state index contributed by atoms with van der Waals surface area (Å²) in [7, 11) is 0. The fourth-order valence-corrected chi connectivity index (χ4v) is 2.53. The van der Waals surface area contributed by atoms with E-state index in [9.17, 15) is 4.79 Å². The molecule has 0 spiro atoms. The molecule has 1 fully saturated rings. The van der Waals surface area contributed by atoms with Crippen LogP contribution >= 0.6 is 23.2 Å². The van der Waals surface area contributed by atoms with Gasteiger partial charge in [-0.1, -0.05) is 29.3 Å². The van der Waals surface area contributed by atoms with Crippen molar-refractivity contribution in [3.05, 3.63) is 28.2 Å². The second-order valence-corrected chi connectivity index (χ2v) is 5.76. The van der Waals surface area contributed by atoms with Crippen molar-refractivity contribution in [3.63, 3.8) is 0 Å². The maximum atomic E-state index is 12.3. The number of likely N-dealkylation sites (tertiary alicyclic amines) is 1. The molecule has 2 rings (SSSR count). The summed E-state index contributed by atoms with van der Waals surface area (Å²) >= 11 is 12.0. The number of benzene rings is 1. The first-order valence-corrected chi connectivity index (χ1v) is 7.39. The first kappa shape index (κ1) is 15.4. The monoisotopic (exact) mass is 316 g/mol. The topological polar surface area (TPSA) is 55.6 Å². The Kier molecular flexibility index (Phi) is 5.13. The lowest BCUT2D eigenvalue weighted by Crippen LogP contribution is -2.47. The molecule has 1 amide bonds. The molecule has 0 aromatic heterocycles. The Morgan fingerprint density at radius 2 is 2.05 bits per heavy atom. The van der Waals surface area contributed by atoms with E-state index in [0.717, 1.165) is 12.8 Å². The van der Waals surface area contributed by atoms with Gasteiger partial charge in [0.1, 0.15) is 10.8 Å². The lowest BCUT2D eigenvalue weighted by Gasteiger charge is -2.32. The van der Waals surface area contributed by atoms with Crippen LogP contribution in [-0.4, -0.2) is 36.0 Å². The van der Waals surface area contributed by atoms with Gasteiger partial charge < -0.3 is 15.4 Å². The Balaban J connectivity index is 1.99. The van der Waals surface area contributed by atoms with Crippen LogP contribution < -0.4 is 10.5 Å². The lowest BCUT2D eigenvalue weighted by atomic mass is 10.1. The highest BCUT2D eigenvalue weighted by Crippen LogP contribution is 2.32. The van der Waals surface area contributed by atoms with E-state index >= 15 is 0 Å². The molecule has 2 N–H and O–H groups in total. The van der Waals surface area contributed by atoms with Crippen LogP contribution in [0, 0.1) is 0 Å². The second kappa shape index (κ2) is 6.66. The molecule has 1 heterocycles. The van der Waals surface area contributed by atoms with E-state index in [1.807, 2.05) is 0 Å². The van der Waals surface area contributed by atoms with Gasteiger partial charge in [-0.3, -0.25) is 4.79 Å². The minimum atomic E-state index is -0.597. The van der Waals surface area contributed by atoms with Gasteiger partial charge in [-0.05, 0) is 31.9 Å². The van der Waals surface area contributed by atoms with Gasteiger partial charge >= 0.3 is 0 Å². The van der Waals surface area contributed by atoms with E-state index in [1.54, 1.807) is 30.0 Å². The molecule has 0 bridgehead atoms. The number of carbonyl (C=O) groups is 1. The molecular weight excluding hydrogens is 299 g/mol. The maximum absolute atomic E-state index is 12.3. The summed E-state index contributed by atoms with van der Waals surface area (Å²) in [5, 5.41) is 0.738. The summed E-state index contributed by atoms with van der Waals surface area (Å²) in [6.45, 7) is 3.07. The van der Waals surface area contributed by atoms with Gasteiger partial charge in [0.15, 0.2) is 6.10 Å². The van der Waals surface area contributed by atoms with Gasteiger partial charge in [-0.15, -0.1) is 0 Å². The molecule has 0 radical (unpaired) electrons. The molecule has 1 saturated heterocycles. The summed E-state index contributed by atoms with van der Waals surface area (Å²) in [6, 6.07) is 5.30. The minimum absolute atomic E-state index is 0.0482. The van der Waals surface area contributed by atoms with E-state index in [-0.39, 0.29) is 11.9 Å². The first-order valence-electron chi connectivity index (χ1n) is 6.64. The number of hydrogen-bond acceptors (Lipinski definition) is 3. The summed E-state index contributed by atoms with van der Waals surface area (Å²) in [5.41, 5.74) is 5.83. The highest BCUT2D eigenvalue weighted by molar-refractivity contribution is 6.42. The number of hydrogen-bond donors (Lipinski definition) is 1. The maximum Gasteiger partial charge on any atom is 0.263 e. The summed E-state index contributed by atoms with van der Waals surface area (Å²) < 4.78 is 5.63. The van der Waals surface area contributed by atoms with E-state index in [1.165, 1.54) is 0 Å². The van der Waals surface area contributed by atoms with Crippen LogP contribution in [0.25, 0.3) is 0 Å². The Morgan fingerprint density at radius 1 is 1.40 bits per heavy atom. The number of carbonyl (C=O) groups excluding carboxylic acids is 1. The second-order valence-electron chi connectivity index (χ2n) is 4.97. The van der Waals surface area contributed by atoms with Crippen LogP contribution in [0.5, 0.6) is 5.75 Å². The molecule has 1 aromatic rings. The third-order valence-corrected chi connectivity index (χ3v) is 4.22. The van der Waals surface area contributed by atoms with Crippen molar-refractivity contribution < 1.29 is 9.53 Å². The number of rotatable bonds is 3. The predicted molar refractivity (Wildman–Crippen MR) is 80.3 cm³/mol. The zero-order valence-electron chi connectivity index (χ0n) is 11.3. The SMILES string of the molecule is C[C@H](Oc1cccc(Cl)c1Cl)C(=O)N1CCC(N)CC1. The number of nitrogens with zero attached hydrogens (tertiary/aromatic N) is 1. The third-order valence-electron chi connectivity index (χ3n) is 3.42. The van der Waals surface area contributed by atoms with Crippen molar-refractivity contribution in [2.24, 2.45) is 5.73 Å². The number of ether oxygens (including phenoxy) is 1. The van der Waals surface area contributed by atoms with Gasteiger partial charge in [0.2, 0.25) is 0 Å². The Morgan fingerprint density at radius 3 is 2.70 bits per heavy atom. The molecule has 20 heavy (non-hydrogen) atoms. The van der Waals surface area contributed by atoms with Crippen molar-refractivity contribution >= 4 is 29.1 Å². The van der Waals surface area contributed by atoms with E-state index in [2.05, 4.69) is 0 Å². The van der Waals surface area contributed by atoms with Crippen LogP contribution in [0.2, 0.25) is 10.0 Å². The molecule has 1 atom stereocenters. The van der Waals surface area contributed by atoms with Gasteiger partial charge in [0.05, 0.1) is 5.02 Å². The van der Waals surface area contributed by atoms with Crippen LogP contribution in [0.3, 0.4) is 0 Å². The zero-order valence-corrected chi connectivity index (χ0v) is 12.8. The average Bonchev–Trinajstić information content (AvgIpc) is 2.44. The number of piperidine rings is 1. The smallest absolute Gasteiger partial charge is 0.263 e. The summed E-state index contributed by atoms with van der Waals surface area (Å²) in [6.07, 6.45) is 1.06. The summed E-state index contributed by atoms with van der Waals surface area (Å²) in [5.74, 6) is 0.377. The van der Waals surface area contributed by atoms with Crippen LogP contribution in [0.4, 0.5) is 0 Å². The third kappa shape index (κ3) is 3.57. The number of halogens is 2. The summed E-state index contributed by atoms with van der Waals surface area (Å²) in [4.78, 5) is 14.1. The lowest BCUT2D eigenvalue weighted by molar-refractivity contribution is -0.139. The largest absolute Gasteiger partial charge is 0.479 e. The van der Waals surface area contributed by atoms with Crippen LogP contribution in [-0.2, 0) is 4.79 Å². The van der Waals surface area contributed by atoms with E-state index in [0.29, 0.717) is 28.9 Å². The van der Waals surface area contributed by atoms with Gasteiger partial charge in [0, 0.05) is 19.1 Å². The minimum Gasteiger partial charge on any atom is -0.479 e. The molecule has 1 aliphatic heterocycles. The van der Waals surface area contributed by atoms with Crippen molar-refractivity contribution in [2.45, 2.75) is 31.9 Å². The van der Waals surface area contributed by atoms with Crippen molar-refractivity contribution in [1.29, 1.82) is 0 Å². The predicted octanol–water partition coefficient (Wildman–Crippen LogP) is 2.71. The molecule has 1 aromatic carbocycles. The van der Waals surface area contributed by atoms with Crippen molar-refractivity contribution in [1.82, 2.24) is 4.90 Å². The standard InChI is InChI=1S/C14H18Cl2N2O2/c1-9(14(19)18-7-5-10(17)6-8-18)20-12-4-2-3-11(15)13(12)16/h2-4,9-10H,5-8,17H2,1H3/t9-/m0/s1. The zero-order chi connectivity index (χ0) is 14.7. The van der Waals surface area contributed by atoms with Crippen LogP contribution in [0.15, 0.2) is 18.2 Å². The van der Waals surface area contributed by atoms with Crippen molar-refractivity contribution in [2.75, 3.05) is 13.1 Å². The fraction of sp³-hybridized carbons (Fsp3) is 0.500. The molecular formula is C14H18Cl2N2O2. The molecule has 6 heteroatoms. The van der Waals surface area contributed by atoms with E-state index in [4.69, 9.17) is 33.7 Å². The quantitative estimate of drug-likeness (QED) is 0.932. The fourth-order valence-electron chi connectivity index (χ4n) is 2.19. The molecule has 1 aliphatic rings.